The summed E-state index contributed by atoms with van der Waals surface area (Å²) in [5, 5.41) is 2.94. The first-order valence-electron chi connectivity index (χ1n) is 9.98. The number of nitrogens with one attached hydrogen (secondary N) is 1. The molecule has 0 saturated carbocycles. The summed E-state index contributed by atoms with van der Waals surface area (Å²) >= 11 is 0. The summed E-state index contributed by atoms with van der Waals surface area (Å²) in [6, 6.07) is 19.2. The van der Waals surface area contributed by atoms with Crippen LogP contribution in [0.5, 0.6) is 11.5 Å². The zero-order chi connectivity index (χ0) is 20.3. The molecule has 5 rings (SSSR count). The van der Waals surface area contributed by atoms with Crippen LogP contribution in [0, 0.1) is 0 Å². The van der Waals surface area contributed by atoms with E-state index in [0.717, 1.165) is 43.4 Å². The largest absolute Gasteiger partial charge is 0.454 e. The molecule has 0 unspecified atom stereocenters. The predicted octanol–water partition coefficient (Wildman–Crippen LogP) is 3.39. The fourth-order valence-corrected chi connectivity index (χ4v) is 3.73. The van der Waals surface area contributed by atoms with Gasteiger partial charge in [0.25, 0.3) is 5.91 Å². The van der Waals surface area contributed by atoms with Crippen LogP contribution in [0.4, 0.5) is 17.2 Å². The molecule has 1 amide bonds. The fraction of sp³-hybridized carbons (Fsp3) is 0.217. The Kier molecular flexibility index (Phi) is 4.85. The number of amides is 1. The molecular formula is C23H22N4O3. The highest BCUT2D eigenvalue weighted by Crippen LogP contribution is 2.32. The Hall–Kier alpha value is -3.74. The van der Waals surface area contributed by atoms with Crippen LogP contribution >= 0.6 is 0 Å². The minimum atomic E-state index is -0.176. The number of piperazine rings is 1. The zero-order valence-electron chi connectivity index (χ0n) is 16.5. The third-order valence-electron chi connectivity index (χ3n) is 5.38. The van der Waals surface area contributed by atoms with E-state index >= 15 is 0 Å². The van der Waals surface area contributed by atoms with E-state index in [4.69, 9.17) is 9.47 Å². The predicted molar refractivity (Wildman–Crippen MR) is 116 cm³/mol. The minimum Gasteiger partial charge on any atom is -0.454 e. The molecule has 7 heteroatoms. The third-order valence-corrected chi connectivity index (χ3v) is 5.38. The van der Waals surface area contributed by atoms with Crippen molar-refractivity contribution in [1.29, 1.82) is 0 Å². The first-order chi connectivity index (χ1) is 14.8. The van der Waals surface area contributed by atoms with Crippen molar-refractivity contribution in [2.24, 2.45) is 0 Å². The smallest absolute Gasteiger partial charge is 0.255 e. The van der Waals surface area contributed by atoms with Gasteiger partial charge in [0.15, 0.2) is 11.5 Å². The van der Waals surface area contributed by atoms with E-state index in [-0.39, 0.29) is 12.7 Å². The average Bonchev–Trinajstić information content (AvgIpc) is 3.28. The molecule has 0 radical (unpaired) electrons. The van der Waals surface area contributed by atoms with Gasteiger partial charge in [-0.15, -0.1) is 0 Å². The van der Waals surface area contributed by atoms with Crippen molar-refractivity contribution in [2.75, 3.05) is 48.1 Å². The van der Waals surface area contributed by atoms with Gasteiger partial charge in [0.1, 0.15) is 5.82 Å². The van der Waals surface area contributed by atoms with Crippen LogP contribution in [-0.2, 0) is 0 Å². The second kappa shape index (κ2) is 7.94. The molecule has 2 aromatic carbocycles. The lowest BCUT2D eigenvalue weighted by Gasteiger charge is -2.36. The molecule has 1 fully saturated rings. The maximum Gasteiger partial charge on any atom is 0.255 e. The number of nitrogens with zero attached hydrogens (tertiary/aromatic N) is 3. The number of pyridine rings is 1. The molecule has 0 bridgehead atoms. The number of aromatic nitrogens is 1. The second-order valence-electron chi connectivity index (χ2n) is 7.23. The van der Waals surface area contributed by atoms with Crippen molar-refractivity contribution < 1.29 is 14.3 Å². The van der Waals surface area contributed by atoms with Gasteiger partial charge in [-0.25, -0.2) is 4.98 Å². The zero-order valence-corrected chi connectivity index (χ0v) is 16.5. The van der Waals surface area contributed by atoms with Gasteiger partial charge in [0.05, 0.1) is 0 Å². The van der Waals surface area contributed by atoms with Gasteiger partial charge in [-0.3, -0.25) is 4.79 Å². The molecule has 3 heterocycles. The van der Waals surface area contributed by atoms with Crippen LogP contribution < -0.4 is 24.6 Å². The Morgan fingerprint density at radius 2 is 1.63 bits per heavy atom. The molecule has 3 aromatic rings. The topological polar surface area (TPSA) is 66.9 Å². The lowest BCUT2D eigenvalue weighted by Crippen LogP contribution is -2.46. The maximum absolute atomic E-state index is 12.5. The summed E-state index contributed by atoms with van der Waals surface area (Å²) in [4.78, 5) is 21.6. The Morgan fingerprint density at radius 3 is 2.40 bits per heavy atom. The summed E-state index contributed by atoms with van der Waals surface area (Å²) in [6.45, 7) is 3.91. The number of carbonyl (C=O) groups is 1. The number of carbonyl (C=O) groups excluding carboxylic acids is 1. The third kappa shape index (κ3) is 3.74. The summed E-state index contributed by atoms with van der Waals surface area (Å²) < 4.78 is 10.6. The molecule has 30 heavy (non-hydrogen) atoms. The molecule has 0 aliphatic carbocycles. The highest BCUT2D eigenvalue weighted by atomic mass is 16.7. The fourth-order valence-electron chi connectivity index (χ4n) is 3.73. The summed E-state index contributed by atoms with van der Waals surface area (Å²) in [5.74, 6) is 2.12. The molecule has 7 nitrogen and oxygen atoms in total. The number of hydrogen-bond donors (Lipinski definition) is 1. The van der Waals surface area contributed by atoms with Gasteiger partial charge < -0.3 is 24.6 Å². The van der Waals surface area contributed by atoms with Crippen molar-refractivity contribution in [2.45, 2.75) is 0 Å². The molecule has 152 valence electrons. The van der Waals surface area contributed by atoms with E-state index in [1.807, 2.05) is 48.7 Å². The van der Waals surface area contributed by atoms with Gasteiger partial charge in [0.2, 0.25) is 6.79 Å². The van der Waals surface area contributed by atoms with Gasteiger partial charge in [-0.2, -0.15) is 0 Å². The first kappa shape index (κ1) is 18.3. The van der Waals surface area contributed by atoms with E-state index in [1.165, 1.54) is 0 Å². The second-order valence-corrected chi connectivity index (χ2v) is 7.23. The van der Waals surface area contributed by atoms with Crippen LogP contribution in [0.3, 0.4) is 0 Å². The van der Waals surface area contributed by atoms with Crippen LogP contribution in [0.25, 0.3) is 0 Å². The number of benzene rings is 2. The highest BCUT2D eigenvalue weighted by molar-refractivity contribution is 6.04. The van der Waals surface area contributed by atoms with E-state index in [1.54, 1.807) is 18.2 Å². The van der Waals surface area contributed by atoms with E-state index in [0.29, 0.717) is 17.1 Å². The SMILES string of the molecule is O=C(Nc1ccc(N2CCN(c3ccccn3)CC2)cc1)c1ccc2c(c1)OCO2. The Morgan fingerprint density at radius 1 is 0.867 bits per heavy atom. The van der Waals surface area contributed by atoms with E-state index in [9.17, 15) is 4.79 Å². The molecule has 0 spiro atoms. The van der Waals surface area contributed by atoms with Gasteiger partial charge in [0, 0.05) is 49.3 Å². The number of anilines is 3. The van der Waals surface area contributed by atoms with Crippen molar-refractivity contribution in [3.8, 4) is 11.5 Å². The maximum atomic E-state index is 12.5. The van der Waals surface area contributed by atoms with Crippen LogP contribution in [0.15, 0.2) is 66.9 Å². The number of fused-ring (bicyclic) bond motifs is 1. The van der Waals surface area contributed by atoms with Gasteiger partial charge in [-0.05, 0) is 54.6 Å². The first-order valence-corrected chi connectivity index (χ1v) is 9.98. The quantitative estimate of drug-likeness (QED) is 0.722. The molecule has 1 saturated heterocycles. The number of hydrogen-bond acceptors (Lipinski definition) is 6. The van der Waals surface area contributed by atoms with Crippen molar-refractivity contribution in [3.63, 3.8) is 0 Å². The number of rotatable bonds is 4. The Balaban J connectivity index is 1.19. The van der Waals surface area contributed by atoms with E-state index in [2.05, 4.69) is 20.1 Å². The number of ether oxygens (including phenoxy) is 2. The highest BCUT2D eigenvalue weighted by Gasteiger charge is 2.19. The average molecular weight is 402 g/mol. The summed E-state index contributed by atoms with van der Waals surface area (Å²) in [5.41, 5.74) is 2.44. The van der Waals surface area contributed by atoms with Crippen LogP contribution in [0.2, 0.25) is 0 Å². The van der Waals surface area contributed by atoms with E-state index < -0.39 is 0 Å². The molecular weight excluding hydrogens is 380 g/mol. The molecule has 0 atom stereocenters. The van der Waals surface area contributed by atoms with Gasteiger partial charge >= 0.3 is 0 Å². The van der Waals surface area contributed by atoms with Crippen molar-refractivity contribution in [1.82, 2.24) is 4.98 Å². The molecule has 2 aliphatic rings. The van der Waals surface area contributed by atoms with Crippen molar-refractivity contribution >= 4 is 23.1 Å². The molecule has 1 aromatic heterocycles. The summed E-state index contributed by atoms with van der Waals surface area (Å²) in [6.07, 6.45) is 1.83. The molecule has 2 aliphatic heterocycles. The van der Waals surface area contributed by atoms with Crippen LogP contribution in [-0.4, -0.2) is 43.9 Å². The summed E-state index contributed by atoms with van der Waals surface area (Å²) in [7, 11) is 0. The standard InChI is InChI=1S/C23H22N4O3/c28-23(17-4-9-20-21(15-17)30-16-29-20)25-18-5-7-19(8-6-18)26-11-13-27(14-12-26)22-3-1-2-10-24-22/h1-10,15H,11-14,16H2,(H,25,28). The Bertz CT molecular complexity index is 1030. The van der Waals surface area contributed by atoms with Gasteiger partial charge in [-0.1, -0.05) is 6.07 Å². The molecule has 1 N–H and O–H groups in total. The van der Waals surface area contributed by atoms with Crippen molar-refractivity contribution in [3.05, 3.63) is 72.4 Å². The normalized spacial score (nSPS) is 15.2. The lowest BCUT2D eigenvalue weighted by molar-refractivity contribution is 0.102. The minimum absolute atomic E-state index is 0.176. The Labute approximate surface area is 174 Å². The van der Waals surface area contributed by atoms with Crippen LogP contribution in [0.1, 0.15) is 10.4 Å². The monoisotopic (exact) mass is 402 g/mol. The lowest BCUT2D eigenvalue weighted by atomic mass is 10.1.